The number of hydrogen-bond acceptors (Lipinski definition) is 3. The highest BCUT2D eigenvalue weighted by Crippen LogP contribution is 2.22. The van der Waals surface area contributed by atoms with E-state index in [-0.39, 0.29) is 10.7 Å². The van der Waals surface area contributed by atoms with Crippen LogP contribution in [0.2, 0.25) is 5.02 Å². The highest BCUT2D eigenvalue weighted by atomic mass is 35.5. The van der Waals surface area contributed by atoms with Gasteiger partial charge in [-0.05, 0) is 6.07 Å². The summed E-state index contributed by atoms with van der Waals surface area (Å²) in [4.78, 5) is 25.7. The van der Waals surface area contributed by atoms with Crippen molar-refractivity contribution in [1.82, 2.24) is 4.98 Å². The van der Waals surface area contributed by atoms with Crippen molar-refractivity contribution >= 4 is 29.7 Å². The van der Waals surface area contributed by atoms with Crippen LogP contribution in [-0.2, 0) is 9.59 Å². The van der Waals surface area contributed by atoms with Crippen LogP contribution >= 0.6 is 11.6 Å². The fourth-order valence-corrected chi connectivity index (χ4v) is 1.12. The van der Waals surface area contributed by atoms with Gasteiger partial charge < -0.3 is 10.0 Å². The summed E-state index contributed by atoms with van der Waals surface area (Å²) >= 11 is 5.75. The first-order valence-electron chi connectivity index (χ1n) is 3.68. The van der Waals surface area contributed by atoms with E-state index in [1.165, 1.54) is 18.5 Å². The molecule has 5 nitrogen and oxygen atoms in total. The van der Waals surface area contributed by atoms with E-state index in [4.69, 9.17) is 16.7 Å². The van der Waals surface area contributed by atoms with Gasteiger partial charge in [-0.2, -0.15) is 0 Å². The molecule has 1 N–H and O–H groups in total. The summed E-state index contributed by atoms with van der Waals surface area (Å²) in [5.41, 5.74) is 0.284. The van der Waals surface area contributed by atoms with Crippen molar-refractivity contribution in [3.05, 3.63) is 23.5 Å². The molecular weight excluding hydrogens is 208 g/mol. The normalized spacial score (nSPS) is 9.50. The third-order valence-electron chi connectivity index (χ3n) is 1.49. The average Bonchev–Trinajstić information content (AvgIpc) is 2.15. The van der Waals surface area contributed by atoms with Gasteiger partial charge in [0.1, 0.15) is 6.54 Å². The Morgan fingerprint density at radius 2 is 2.43 bits per heavy atom. The lowest BCUT2D eigenvalue weighted by molar-refractivity contribution is -0.136. The van der Waals surface area contributed by atoms with Crippen molar-refractivity contribution in [2.24, 2.45) is 0 Å². The van der Waals surface area contributed by atoms with Crippen LogP contribution in [0.4, 0.5) is 5.69 Å². The standard InChI is InChI=1S/C8H7ClN2O3/c9-6-1-2-10-3-7(6)11(5-12)4-8(13)14/h1-3,5H,4H2,(H,13,14). The van der Waals surface area contributed by atoms with E-state index in [1.807, 2.05) is 0 Å². The fraction of sp³-hybridized carbons (Fsp3) is 0.125. The number of hydrogen-bond donors (Lipinski definition) is 1. The van der Waals surface area contributed by atoms with Crippen molar-refractivity contribution in [3.63, 3.8) is 0 Å². The molecule has 0 aromatic carbocycles. The zero-order valence-electron chi connectivity index (χ0n) is 7.05. The summed E-state index contributed by atoms with van der Waals surface area (Å²) in [6.07, 6.45) is 3.19. The molecule has 0 aliphatic rings. The van der Waals surface area contributed by atoms with Crippen molar-refractivity contribution in [2.45, 2.75) is 0 Å². The Morgan fingerprint density at radius 3 is 2.93 bits per heavy atom. The number of carboxylic acid groups (broad SMARTS) is 1. The Labute approximate surface area is 84.9 Å². The summed E-state index contributed by atoms with van der Waals surface area (Å²) in [6.45, 7) is -0.436. The second kappa shape index (κ2) is 4.57. The van der Waals surface area contributed by atoms with Gasteiger partial charge in [-0.1, -0.05) is 11.6 Å². The number of pyridine rings is 1. The molecule has 14 heavy (non-hydrogen) atoms. The van der Waals surface area contributed by atoms with Crippen LogP contribution in [0.5, 0.6) is 0 Å². The van der Waals surface area contributed by atoms with Gasteiger partial charge in [0.25, 0.3) is 0 Å². The largest absolute Gasteiger partial charge is 0.480 e. The number of carbonyl (C=O) groups excluding carboxylic acids is 1. The molecule has 0 unspecified atom stereocenters. The minimum absolute atomic E-state index is 0.284. The quantitative estimate of drug-likeness (QED) is 0.752. The lowest BCUT2D eigenvalue weighted by Gasteiger charge is -2.15. The first kappa shape index (κ1) is 10.5. The van der Waals surface area contributed by atoms with E-state index in [0.717, 1.165) is 4.90 Å². The molecule has 1 heterocycles. The Hall–Kier alpha value is -1.62. The molecular formula is C8H7ClN2O3. The molecule has 0 aliphatic carbocycles. The molecule has 0 fully saturated rings. The van der Waals surface area contributed by atoms with Crippen molar-refractivity contribution in [3.8, 4) is 0 Å². The highest BCUT2D eigenvalue weighted by Gasteiger charge is 2.12. The molecule has 1 aromatic rings. The molecule has 0 saturated carbocycles. The summed E-state index contributed by atoms with van der Waals surface area (Å²) in [7, 11) is 0. The number of anilines is 1. The molecule has 74 valence electrons. The highest BCUT2D eigenvalue weighted by molar-refractivity contribution is 6.33. The Bertz CT molecular complexity index is 356. The zero-order valence-corrected chi connectivity index (χ0v) is 7.81. The van der Waals surface area contributed by atoms with Crippen LogP contribution in [0.15, 0.2) is 18.5 Å². The molecule has 1 aromatic heterocycles. The predicted octanol–water partition coefficient (Wildman–Crippen LogP) is 0.782. The van der Waals surface area contributed by atoms with Crippen LogP contribution in [0.1, 0.15) is 0 Å². The summed E-state index contributed by atoms with van der Waals surface area (Å²) < 4.78 is 0. The molecule has 0 saturated heterocycles. The minimum atomic E-state index is -1.11. The maximum Gasteiger partial charge on any atom is 0.323 e. The van der Waals surface area contributed by atoms with E-state index >= 15 is 0 Å². The van der Waals surface area contributed by atoms with Crippen LogP contribution in [-0.4, -0.2) is 29.0 Å². The van der Waals surface area contributed by atoms with Gasteiger partial charge in [-0.15, -0.1) is 0 Å². The molecule has 6 heteroatoms. The van der Waals surface area contributed by atoms with E-state index in [0.29, 0.717) is 6.41 Å². The fourth-order valence-electron chi connectivity index (χ4n) is 0.905. The van der Waals surface area contributed by atoms with Crippen molar-refractivity contribution in [1.29, 1.82) is 0 Å². The smallest absolute Gasteiger partial charge is 0.323 e. The van der Waals surface area contributed by atoms with E-state index in [2.05, 4.69) is 4.98 Å². The summed E-state index contributed by atoms with van der Waals surface area (Å²) in [6, 6.07) is 1.48. The number of aromatic nitrogens is 1. The maximum atomic E-state index is 10.6. The van der Waals surface area contributed by atoms with Gasteiger partial charge in [0.05, 0.1) is 16.9 Å². The number of halogens is 1. The van der Waals surface area contributed by atoms with Crippen molar-refractivity contribution in [2.75, 3.05) is 11.4 Å². The van der Waals surface area contributed by atoms with E-state index in [9.17, 15) is 9.59 Å². The number of amides is 1. The van der Waals surface area contributed by atoms with Gasteiger partial charge in [0.15, 0.2) is 0 Å². The third-order valence-corrected chi connectivity index (χ3v) is 1.81. The Morgan fingerprint density at radius 1 is 1.71 bits per heavy atom. The van der Waals surface area contributed by atoms with Gasteiger partial charge in [-0.25, -0.2) is 0 Å². The van der Waals surface area contributed by atoms with Crippen LogP contribution in [0.3, 0.4) is 0 Å². The minimum Gasteiger partial charge on any atom is -0.480 e. The molecule has 0 aliphatic heterocycles. The lowest BCUT2D eigenvalue weighted by Crippen LogP contribution is -2.28. The lowest BCUT2D eigenvalue weighted by atomic mass is 10.4. The number of carbonyl (C=O) groups is 2. The first-order chi connectivity index (χ1) is 6.65. The number of rotatable bonds is 4. The second-order valence-corrected chi connectivity index (χ2v) is 2.86. The van der Waals surface area contributed by atoms with Gasteiger partial charge in [-0.3, -0.25) is 14.6 Å². The first-order valence-corrected chi connectivity index (χ1v) is 4.06. The van der Waals surface area contributed by atoms with Crippen LogP contribution in [0, 0.1) is 0 Å². The molecule has 0 spiro atoms. The topological polar surface area (TPSA) is 70.5 Å². The van der Waals surface area contributed by atoms with E-state index < -0.39 is 12.5 Å². The maximum absolute atomic E-state index is 10.6. The second-order valence-electron chi connectivity index (χ2n) is 2.45. The number of aliphatic carboxylic acids is 1. The van der Waals surface area contributed by atoms with E-state index in [1.54, 1.807) is 0 Å². The zero-order chi connectivity index (χ0) is 10.6. The number of nitrogens with zero attached hydrogens (tertiary/aromatic N) is 2. The molecule has 0 bridgehead atoms. The third kappa shape index (κ3) is 2.43. The monoisotopic (exact) mass is 214 g/mol. The van der Waals surface area contributed by atoms with Crippen LogP contribution in [0.25, 0.3) is 0 Å². The Kier molecular flexibility index (Phi) is 3.41. The summed E-state index contributed by atoms with van der Waals surface area (Å²) in [5, 5.41) is 8.79. The predicted molar refractivity (Wildman–Crippen MR) is 50.3 cm³/mol. The average molecular weight is 215 g/mol. The van der Waals surface area contributed by atoms with Gasteiger partial charge in [0, 0.05) is 6.20 Å². The summed E-state index contributed by atoms with van der Waals surface area (Å²) in [5.74, 6) is -1.11. The van der Waals surface area contributed by atoms with Crippen LogP contribution < -0.4 is 4.90 Å². The molecule has 1 rings (SSSR count). The van der Waals surface area contributed by atoms with Gasteiger partial charge in [0.2, 0.25) is 6.41 Å². The molecule has 1 amide bonds. The van der Waals surface area contributed by atoms with Gasteiger partial charge >= 0.3 is 5.97 Å². The van der Waals surface area contributed by atoms with Crippen molar-refractivity contribution < 1.29 is 14.7 Å². The SMILES string of the molecule is O=CN(CC(=O)O)c1cnccc1Cl. The molecule has 0 atom stereocenters. The molecule has 0 radical (unpaired) electrons. The Balaban J connectivity index is 2.94. The number of carboxylic acids is 1.